The van der Waals surface area contributed by atoms with Gasteiger partial charge in [-0.1, -0.05) is 12.1 Å². The molecular weight excluding hydrogens is 268 g/mol. The minimum absolute atomic E-state index is 0.0719. The molecule has 1 aromatic rings. The lowest BCUT2D eigenvalue weighted by atomic mass is 10.3. The number of benzene rings is 1. The smallest absolute Gasteiger partial charge is 0.287 e. The molecule has 0 atom stereocenters. The molecule has 0 amide bonds. The first-order valence-electron chi connectivity index (χ1n) is 6.20. The fourth-order valence-electron chi connectivity index (χ4n) is 1.84. The molecule has 1 aliphatic rings. The first-order valence-corrected chi connectivity index (χ1v) is 7.85. The van der Waals surface area contributed by atoms with Gasteiger partial charge in [0.15, 0.2) is 9.84 Å². The summed E-state index contributed by atoms with van der Waals surface area (Å²) in [6, 6.07) is 6.01. The predicted molar refractivity (Wildman–Crippen MR) is 70.8 cm³/mol. The Morgan fingerprint density at radius 1 is 1.32 bits per heavy atom. The number of nitrogens with one attached hydrogen (secondary N) is 1. The van der Waals surface area contributed by atoms with Crippen molar-refractivity contribution in [2.75, 3.05) is 12.3 Å². The average Bonchev–Trinajstić information content (AvgIpc) is 3.19. The molecule has 1 fully saturated rings. The molecule has 1 N–H and O–H groups in total. The van der Waals surface area contributed by atoms with Crippen LogP contribution >= 0.6 is 0 Å². The highest BCUT2D eigenvalue weighted by Gasteiger charge is 2.25. The molecule has 0 spiro atoms. The molecule has 0 radical (unpaired) electrons. The van der Waals surface area contributed by atoms with Crippen LogP contribution in [0.1, 0.15) is 19.3 Å². The van der Waals surface area contributed by atoms with Crippen LogP contribution in [0.2, 0.25) is 0 Å². The number of nitro groups is 1. The minimum Gasteiger partial charge on any atom is -0.314 e. The van der Waals surface area contributed by atoms with Crippen LogP contribution in [0, 0.1) is 10.1 Å². The fraction of sp³-hybridized carbons (Fsp3) is 0.500. The first kappa shape index (κ1) is 14.0. The molecule has 1 aliphatic carbocycles. The minimum atomic E-state index is -3.60. The molecule has 0 heterocycles. The summed E-state index contributed by atoms with van der Waals surface area (Å²) in [5, 5.41) is 14.0. The quantitative estimate of drug-likeness (QED) is 0.465. The van der Waals surface area contributed by atoms with Crippen molar-refractivity contribution in [1.82, 2.24) is 5.32 Å². The van der Waals surface area contributed by atoms with Crippen molar-refractivity contribution in [1.29, 1.82) is 0 Å². The summed E-state index contributed by atoms with van der Waals surface area (Å²) < 4.78 is 24.2. The summed E-state index contributed by atoms with van der Waals surface area (Å²) in [4.78, 5) is 9.98. The molecule has 104 valence electrons. The van der Waals surface area contributed by atoms with Crippen molar-refractivity contribution in [3.8, 4) is 0 Å². The Balaban J connectivity index is 2.03. The fourth-order valence-corrected chi connectivity index (χ4v) is 3.33. The zero-order chi connectivity index (χ0) is 13.9. The number of para-hydroxylation sites is 1. The van der Waals surface area contributed by atoms with Crippen LogP contribution in [0.4, 0.5) is 5.69 Å². The lowest BCUT2D eigenvalue weighted by Gasteiger charge is -2.06. The number of rotatable bonds is 7. The molecule has 1 aromatic carbocycles. The highest BCUT2D eigenvalue weighted by Crippen LogP contribution is 2.24. The van der Waals surface area contributed by atoms with Crippen molar-refractivity contribution in [2.24, 2.45) is 0 Å². The number of hydrogen-bond donors (Lipinski definition) is 1. The van der Waals surface area contributed by atoms with E-state index in [0.29, 0.717) is 19.0 Å². The second-order valence-corrected chi connectivity index (χ2v) is 6.70. The largest absolute Gasteiger partial charge is 0.314 e. The van der Waals surface area contributed by atoms with Gasteiger partial charge in [0.1, 0.15) is 4.90 Å². The Morgan fingerprint density at radius 2 is 2.00 bits per heavy atom. The van der Waals surface area contributed by atoms with Gasteiger partial charge in [0.05, 0.1) is 10.7 Å². The summed E-state index contributed by atoms with van der Waals surface area (Å²) in [7, 11) is -3.60. The summed E-state index contributed by atoms with van der Waals surface area (Å²) in [6.45, 7) is 0.629. The zero-order valence-electron chi connectivity index (χ0n) is 10.4. The molecule has 0 saturated heterocycles. The van der Waals surface area contributed by atoms with E-state index in [-0.39, 0.29) is 16.3 Å². The standard InChI is InChI=1S/C12H16N2O4S/c15-14(16)11-4-1-2-5-12(11)19(17,18)9-3-8-13-10-6-7-10/h1-2,4-5,10,13H,3,6-9H2. The summed E-state index contributed by atoms with van der Waals surface area (Å²) in [5.41, 5.74) is -0.349. The van der Waals surface area contributed by atoms with E-state index in [1.807, 2.05) is 0 Å². The molecule has 1 saturated carbocycles. The highest BCUT2D eigenvalue weighted by atomic mass is 32.2. The van der Waals surface area contributed by atoms with Crippen LogP contribution in [0.3, 0.4) is 0 Å². The highest BCUT2D eigenvalue weighted by molar-refractivity contribution is 7.91. The molecule has 7 heteroatoms. The molecule has 0 aliphatic heterocycles. The molecule has 0 bridgehead atoms. The van der Waals surface area contributed by atoms with Crippen LogP contribution < -0.4 is 5.32 Å². The van der Waals surface area contributed by atoms with Gasteiger partial charge in [-0.3, -0.25) is 10.1 Å². The van der Waals surface area contributed by atoms with Gasteiger partial charge in [0.25, 0.3) is 5.69 Å². The first-order chi connectivity index (χ1) is 9.00. The summed E-state index contributed by atoms with van der Waals surface area (Å²) >= 11 is 0. The third kappa shape index (κ3) is 3.74. The van der Waals surface area contributed by atoms with E-state index >= 15 is 0 Å². The van der Waals surface area contributed by atoms with Crippen molar-refractivity contribution in [2.45, 2.75) is 30.2 Å². The number of sulfone groups is 1. The van der Waals surface area contributed by atoms with E-state index < -0.39 is 14.8 Å². The third-order valence-corrected chi connectivity index (χ3v) is 4.84. The second kappa shape index (κ2) is 5.66. The SMILES string of the molecule is O=[N+]([O-])c1ccccc1S(=O)(=O)CCCNC1CC1. The molecule has 0 unspecified atom stereocenters. The van der Waals surface area contributed by atoms with Gasteiger partial charge in [-0.15, -0.1) is 0 Å². The van der Waals surface area contributed by atoms with Crippen LogP contribution in [-0.2, 0) is 9.84 Å². The van der Waals surface area contributed by atoms with E-state index in [0.717, 1.165) is 12.8 Å². The Bertz CT molecular complexity index is 567. The van der Waals surface area contributed by atoms with Gasteiger partial charge >= 0.3 is 0 Å². The number of nitrogens with zero attached hydrogens (tertiary/aromatic N) is 1. The zero-order valence-corrected chi connectivity index (χ0v) is 11.2. The van der Waals surface area contributed by atoms with E-state index in [9.17, 15) is 18.5 Å². The molecule has 0 aromatic heterocycles. The van der Waals surface area contributed by atoms with E-state index in [1.54, 1.807) is 0 Å². The van der Waals surface area contributed by atoms with Gasteiger partial charge in [0.2, 0.25) is 0 Å². The number of nitro benzene ring substituents is 1. The van der Waals surface area contributed by atoms with Gasteiger partial charge in [-0.05, 0) is 31.9 Å². The van der Waals surface area contributed by atoms with E-state index in [1.165, 1.54) is 24.3 Å². The maximum absolute atomic E-state index is 12.1. The lowest BCUT2D eigenvalue weighted by Crippen LogP contribution is -2.20. The van der Waals surface area contributed by atoms with E-state index in [2.05, 4.69) is 5.32 Å². The van der Waals surface area contributed by atoms with Crippen molar-refractivity contribution in [3.63, 3.8) is 0 Å². The Hall–Kier alpha value is -1.47. The molecule has 6 nitrogen and oxygen atoms in total. The molecule has 19 heavy (non-hydrogen) atoms. The van der Waals surface area contributed by atoms with Gasteiger partial charge < -0.3 is 5.32 Å². The molecule has 2 rings (SSSR count). The maximum atomic E-state index is 12.1. The molecular formula is C12H16N2O4S. The maximum Gasteiger partial charge on any atom is 0.287 e. The van der Waals surface area contributed by atoms with Crippen molar-refractivity contribution < 1.29 is 13.3 Å². The van der Waals surface area contributed by atoms with Crippen LogP contribution in [0.25, 0.3) is 0 Å². The average molecular weight is 284 g/mol. The Labute approximate surface area is 111 Å². The van der Waals surface area contributed by atoms with Gasteiger partial charge in [0, 0.05) is 12.1 Å². The topological polar surface area (TPSA) is 89.3 Å². The van der Waals surface area contributed by atoms with Crippen LogP contribution in [-0.4, -0.2) is 31.7 Å². The summed E-state index contributed by atoms with van der Waals surface area (Å²) in [6.07, 6.45) is 2.76. The number of hydrogen-bond acceptors (Lipinski definition) is 5. The Kier molecular flexibility index (Phi) is 4.16. The summed E-state index contributed by atoms with van der Waals surface area (Å²) in [5.74, 6) is -0.0719. The van der Waals surface area contributed by atoms with Crippen LogP contribution in [0.5, 0.6) is 0 Å². The van der Waals surface area contributed by atoms with E-state index in [4.69, 9.17) is 0 Å². The van der Waals surface area contributed by atoms with Crippen molar-refractivity contribution >= 4 is 15.5 Å². The third-order valence-electron chi connectivity index (χ3n) is 3.00. The second-order valence-electron chi connectivity index (χ2n) is 4.63. The van der Waals surface area contributed by atoms with Gasteiger partial charge in [-0.2, -0.15) is 0 Å². The van der Waals surface area contributed by atoms with Crippen LogP contribution in [0.15, 0.2) is 29.2 Å². The lowest BCUT2D eigenvalue weighted by molar-refractivity contribution is -0.387. The Morgan fingerprint density at radius 3 is 2.63 bits per heavy atom. The normalized spacial score (nSPS) is 15.4. The monoisotopic (exact) mass is 284 g/mol. The van der Waals surface area contributed by atoms with Crippen molar-refractivity contribution in [3.05, 3.63) is 34.4 Å². The van der Waals surface area contributed by atoms with Gasteiger partial charge in [-0.25, -0.2) is 8.42 Å². The predicted octanol–water partition coefficient (Wildman–Crippen LogP) is 1.51.